The molecule has 156 valence electrons. The van der Waals surface area contributed by atoms with E-state index in [0.29, 0.717) is 0 Å². The molecule has 2 aliphatic rings. The number of pyridine rings is 1. The van der Waals surface area contributed by atoms with Gasteiger partial charge < -0.3 is 30.1 Å². The van der Waals surface area contributed by atoms with Crippen LogP contribution in [0, 0.1) is 6.92 Å². The van der Waals surface area contributed by atoms with E-state index in [2.05, 4.69) is 16.0 Å². The van der Waals surface area contributed by atoms with E-state index >= 15 is 0 Å². The molecule has 0 saturated carbocycles. The van der Waals surface area contributed by atoms with Gasteiger partial charge in [-0.1, -0.05) is 23.9 Å². The quantitative estimate of drug-likeness (QED) is 0.573. The van der Waals surface area contributed by atoms with Crippen LogP contribution in [-0.2, 0) is 4.74 Å². The monoisotopic (exact) mass is 418 g/mol. The fourth-order valence-corrected chi connectivity index (χ4v) is 4.68. The summed E-state index contributed by atoms with van der Waals surface area (Å²) >= 11 is 1.27. The number of aliphatic hydroxyl groups is 4. The third-order valence-electron chi connectivity index (χ3n) is 5.53. The van der Waals surface area contributed by atoms with Crippen LogP contribution in [0.15, 0.2) is 41.4 Å². The number of aromatic nitrogens is 1. The van der Waals surface area contributed by atoms with E-state index in [1.165, 1.54) is 18.2 Å². The lowest BCUT2D eigenvalue weighted by molar-refractivity contribution is -0.205. The van der Waals surface area contributed by atoms with Crippen molar-refractivity contribution in [3.05, 3.63) is 42.1 Å². The summed E-state index contributed by atoms with van der Waals surface area (Å²) in [6.45, 7) is 3.67. The number of aliphatic hydroxyl groups excluding tert-OH is 4. The van der Waals surface area contributed by atoms with Crippen LogP contribution < -0.4 is 4.90 Å². The van der Waals surface area contributed by atoms with Gasteiger partial charge in [0.15, 0.2) is 0 Å². The largest absolute Gasteiger partial charge is 0.394 e. The van der Waals surface area contributed by atoms with Gasteiger partial charge in [0.1, 0.15) is 35.7 Å². The Labute approximate surface area is 174 Å². The first-order valence-electron chi connectivity index (χ1n) is 9.77. The molecule has 4 rings (SSSR count). The third kappa shape index (κ3) is 4.14. The van der Waals surface area contributed by atoms with Crippen LogP contribution in [-0.4, -0.2) is 75.0 Å². The molecule has 0 radical (unpaired) electrons. The summed E-state index contributed by atoms with van der Waals surface area (Å²) in [5.41, 5.74) is 2.29. The Morgan fingerprint density at radius 2 is 1.83 bits per heavy atom. The topological polar surface area (TPSA) is 106 Å². The molecule has 0 spiro atoms. The Bertz CT molecular complexity index is 843. The average Bonchev–Trinajstić information content (AvgIpc) is 2.69. The fraction of sp³-hybridized carbons (Fsp3) is 0.476. The number of thioether (sulfide) groups is 1. The van der Waals surface area contributed by atoms with Crippen molar-refractivity contribution in [2.75, 3.05) is 24.6 Å². The molecule has 5 atom stereocenters. The van der Waals surface area contributed by atoms with Gasteiger partial charge in [0, 0.05) is 29.7 Å². The summed E-state index contributed by atoms with van der Waals surface area (Å²) in [5, 5.41) is 39.5. The Morgan fingerprint density at radius 1 is 1.07 bits per heavy atom. The molecule has 2 aromatic rings. The third-order valence-corrected chi connectivity index (χ3v) is 6.86. The SMILES string of the molecule is Cc1cc(-c2ccc(N3CCC3)nc2)ccc1S[C@H]1O[C@H](CO)[C@@H](O)[C@H](O)[C@@H]1O. The number of benzene rings is 1. The van der Waals surface area contributed by atoms with Crippen molar-refractivity contribution < 1.29 is 25.2 Å². The van der Waals surface area contributed by atoms with Crippen molar-refractivity contribution in [2.45, 2.75) is 48.1 Å². The number of nitrogens with zero attached hydrogens (tertiary/aromatic N) is 2. The van der Waals surface area contributed by atoms with Gasteiger partial charge in [0.2, 0.25) is 0 Å². The molecular formula is C21H26N2O5S. The Kier molecular flexibility index (Phi) is 6.10. The van der Waals surface area contributed by atoms with Crippen molar-refractivity contribution in [1.82, 2.24) is 4.98 Å². The van der Waals surface area contributed by atoms with Crippen LogP contribution in [0.25, 0.3) is 11.1 Å². The molecule has 8 heteroatoms. The number of anilines is 1. The highest BCUT2D eigenvalue weighted by atomic mass is 32.2. The zero-order valence-corrected chi connectivity index (χ0v) is 17.0. The minimum absolute atomic E-state index is 0.430. The fourth-order valence-electron chi connectivity index (χ4n) is 3.54. The van der Waals surface area contributed by atoms with E-state index in [-0.39, 0.29) is 0 Å². The van der Waals surface area contributed by atoms with E-state index in [0.717, 1.165) is 40.5 Å². The number of ether oxygens (including phenoxy) is 1. The number of rotatable bonds is 5. The molecule has 3 heterocycles. The highest BCUT2D eigenvalue weighted by Gasteiger charge is 2.43. The maximum absolute atomic E-state index is 10.3. The first kappa shape index (κ1) is 20.6. The molecule has 2 saturated heterocycles. The molecule has 0 aliphatic carbocycles. The maximum atomic E-state index is 10.3. The number of hydrogen-bond acceptors (Lipinski definition) is 8. The van der Waals surface area contributed by atoms with E-state index in [1.54, 1.807) is 0 Å². The number of hydrogen-bond donors (Lipinski definition) is 4. The molecule has 0 unspecified atom stereocenters. The van der Waals surface area contributed by atoms with Crippen LogP contribution in [0.5, 0.6) is 0 Å². The lowest BCUT2D eigenvalue weighted by atomic mass is 10.0. The lowest BCUT2D eigenvalue weighted by Crippen LogP contribution is -2.57. The van der Waals surface area contributed by atoms with E-state index in [4.69, 9.17) is 4.74 Å². The van der Waals surface area contributed by atoms with Crippen LogP contribution in [0.2, 0.25) is 0 Å². The summed E-state index contributed by atoms with van der Waals surface area (Å²) in [7, 11) is 0. The van der Waals surface area contributed by atoms with Crippen LogP contribution in [0.4, 0.5) is 5.82 Å². The molecule has 0 amide bonds. The van der Waals surface area contributed by atoms with Gasteiger partial charge in [0.25, 0.3) is 0 Å². The molecule has 2 aliphatic heterocycles. The van der Waals surface area contributed by atoms with Gasteiger partial charge >= 0.3 is 0 Å². The summed E-state index contributed by atoms with van der Waals surface area (Å²) in [5.74, 6) is 1.01. The molecule has 7 nitrogen and oxygen atoms in total. The summed E-state index contributed by atoms with van der Waals surface area (Å²) < 4.78 is 5.59. The lowest BCUT2D eigenvalue weighted by Gasteiger charge is -2.39. The second-order valence-electron chi connectivity index (χ2n) is 7.54. The second-order valence-corrected chi connectivity index (χ2v) is 8.68. The molecule has 1 aromatic carbocycles. The van der Waals surface area contributed by atoms with Gasteiger partial charge in [-0.3, -0.25) is 0 Å². The van der Waals surface area contributed by atoms with Crippen molar-refractivity contribution in [1.29, 1.82) is 0 Å². The minimum atomic E-state index is -1.37. The van der Waals surface area contributed by atoms with Crippen LogP contribution in [0.1, 0.15) is 12.0 Å². The van der Waals surface area contributed by atoms with Gasteiger partial charge in [-0.2, -0.15) is 0 Å². The van der Waals surface area contributed by atoms with Gasteiger partial charge in [-0.25, -0.2) is 4.98 Å². The van der Waals surface area contributed by atoms with E-state index in [1.807, 2.05) is 37.4 Å². The van der Waals surface area contributed by atoms with E-state index < -0.39 is 36.5 Å². The molecule has 4 N–H and O–H groups in total. The first-order chi connectivity index (χ1) is 14.0. The minimum Gasteiger partial charge on any atom is -0.394 e. The molecular weight excluding hydrogens is 392 g/mol. The van der Waals surface area contributed by atoms with Crippen molar-refractivity contribution in [2.24, 2.45) is 0 Å². The summed E-state index contributed by atoms with van der Waals surface area (Å²) in [4.78, 5) is 7.70. The Hall–Kier alpha value is -1.68. The van der Waals surface area contributed by atoms with E-state index in [9.17, 15) is 20.4 Å². The number of aryl methyl sites for hydroxylation is 1. The summed E-state index contributed by atoms with van der Waals surface area (Å²) in [6, 6.07) is 10.1. The van der Waals surface area contributed by atoms with Gasteiger partial charge in [0.05, 0.1) is 6.61 Å². The van der Waals surface area contributed by atoms with Crippen molar-refractivity contribution >= 4 is 17.6 Å². The smallest absolute Gasteiger partial charge is 0.136 e. The second kappa shape index (κ2) is 8.59. The standard InChI is InChI=1S/C21H26N2O5S/c1-12-9-13(14-4-6-17(22-10-14)23-7-2-8-23)3-5-16(12)29-21-20(27)19(26)18(25)15(11-24)28-21/h3-6,9-10,15,18-21,24-27H,2,7-8,11H2,1H3/t15-,18-,19+,20+,21-/m1/s1. The zero-order valence-electron chi connectivity index (χ0n) is 16.2. The predicted molar refractivity (Wildman–Crippen MR) is 111 cm³/mol. The molecule has 0 bridgehead atoms. The molecule has 1 aromatic heterocycles. The zero-order chi connectivity index (χ0) is 20.5. The molecule has 29 heavy (non-hydrogen) atoms. The van der Waals surface area contributed by atoms with Crippen LogP contribution in [0.3, 0.4) is 0 Å². The highest BCUT2D eigenvalue weighted by molar-refractivity contribution is 7.99. The van der Waals surface area contributed by atoms with Gasteiger partial charge in [-0.05, 0) is 42.7 Å². The predicted octanol–water partition coefficient (Wildman–Crippen LogP) is 1.16. The Balaban J connectivity index is 1.48. The van der Waals surface area contributed by atoms with Crippen LogP contribution >= 0.6 is 11.8 Å². The molecule has 2 fully saturated rings. The van der Waals surface area contributed by atoms with Gasteiger partial charge in [-0.15, -0.1) is 0 Å². The summed E-state index contributed by atoms with van der Waals surface area (Å²) in [6.07, 6.45) is -1.77. The normalized spacial score (nSPS) is 29.6. The highest BCUT2D eigenvalue weighted by Crippen LogP contribution is 2.36. The van der Waals surface area contributed by atoms with Crippen molar-refractivity contribution in [3.8, 4) is 11.1 Å². The average molecular weight is 419 g/mol. The first-order valence-corrected chi connectivity index (χ1v) is 10.6. The van der Waals surface area contributed by atoms with Crippen molar-refractivity contribution in [3.63, 3.8) is 0 Å². The maximum Gasteiger partial charge on any atom is 0.136 e. The Morgan fingerprint density at radius 3 is 2.41 bits per heavy atom.